The molecular formula is C32H36FN3O7. The van der Waals surface area contributed by atoms with Gasteiger partial charge in [-0.2, -0.15) is 0 Å². The van der Waals surface area contributed by atoms with Crippen LogP contribution < -0.4 is 15.4 Å². The van der Waals surface area contributed by atoms with E-state index in [0.717, 1.165) is 5.56 Å². The number of esters is 1. The van der Waals surface area contributed by atoms with Gasteiger partial charge in [-0.1, -0.05) is 54.6 Å². The van der Waals surface area contributed by atoms with Crippen molar-refractivity contribution in [2.75, 3.05) is 20.3 Å². The molecule has 0 aliphatic heterocycles. The molecular weight excluding hydrogens is 557 g/mol. The number of nitrogens with one attached hydrogen (secondary N) is 2. The molecule has 0 heterocycles. The molecule has 0 aliphatic carbocycles. The molecule has 1 atom stereocenters. The third-order valence-electron chi connectivity index (χ3n) is 6.02. The molecule has 228 valence electrons. The lowest BCUT2D eigenvalue weighted by Crippen LogP contribution is -2.47. The average Bonchev–Trinajstić information content (AvgIpc) is 2.98. The monoisotopic (exact) mass is 593 g/mol. The summed E-state index contributed by atoms with van der Waals surface area (Å²) < 4.78 is 28.9. The average molecular weight is 594 g/mol. The fourth-order valence-electron chi connectivity index (χ4n) is 3.98. The maximum Gasteiger partial charge on any atom is 0.408 e. The predicted octanol–water partition coefficient (Wildman–Crippen LogP) is 4.29. The molecule has 0 unspecified atom stereocenters. The topological polar surface area (TPSA) is 123 Å². The van der Waals surface area contributed by atoms with Crippen LogP contribution in [0.25, 0.3) is 0 Å². The summed E-state index contributed by atoms with van der Waals surface area (Å²) in [7, 11) is 1.25. The van der Waals surface area contributed by atoms with Crippen molar-refractivity contribution in [3.05, 3.63) is 101 Å². The van der Waals surface area contributed by atoms with Gasteiger partial charge in [0.1, 0.15) is 29.8 Å². The van der Waals surface area contributed by atoms with Crippen LogP contribution in [0.1, 0.15) is 43.5 Å². The molecule has 0 fully saturated rings. The summed E-state index contributed by atoms with van der Waals surface area (Å²) in [4.78, 5) is 52.6. The van der Waals surface area contributed by atoms with Gasteiger partial charge < -0.3 is 29.7 Å². The zero-order valence-electron chi connectivity index (χ0n) is 24.6. The lowest BCUT2D eigenvalue weighted by atomic mass is 10.0. The number of hydrogen-bond acceptors (Lipinski definition) is 7. The molecule has 0 aromatic heterocycles. The van der Waals surface area contributed by atoms with Gasteiger partial charge in [-0.3, -0.25) is 9.59 Å². The number of amides is 3. The Morgan fingerprint density at radius 1 is 0.860 bits per heavy atom. The maximum atomic E-state index is 13.8. The van der Waals surface area contributed by atoms with Crippen molar-refractivity contribution in [1.82, 2.24) is 15.5 Å². The Morgan fingerprint density at radius 2 is 1.51 bits per heavy atom. The fourth-order valence-corrected chi connectivity index (χ4v) is 3.98. The third kappa shape index (κ3) is 10.8. The van der Waals surface area contributed by atoms with E-state index < -0.39 is 47.9 Å². The smallest absolute Gasteiger partial charge is 0.408 e. The minimum atomic E-state index is -1.16. The minimum absolute atomic E-state index is 0.0703. The molecule has 3 rings (SSSR count). The number of halogens is 1. The van der Waals surface area contributed by atoms with Crippen LogP contribution in [-0.4, -0.2) is 54.6 Å². The first-order valence-electron chi connectivity index (χ1n) is 13.6. The Bertz CT molecular complexity index is 1370. The molecule has 0 radical (unpaired) electrons. The zero-order chi connectivity index (χ0) is 31.4. The number of carbonyl (C=O) groups excluding carboxylic acids is 4. The van der Waals surface area contributed by atoms with E-state index in [9.17, 15) is 23.6 Å². The van der Waals surface area contributed by atoms with Crippen LogP contribution in [-0.2, 0) is 36.9 Å². The minimum Gasteiger partial charge on any atom is -0.482 e. The van der Waals surface area contributed by atoms with Crippen molar-refractivity contribution >= 4 is 23.9 Å². The summed E-state index contributed by atoms with van der Waals surface area (Å²) in [5, 5.41) is 5.34. The van der Waals surface area contributed by atoms with E-state index in [1.807, 2.05) is 30.3 Å². The van der Waals surface area contributed by atoms with E-state index >= 15 is 0 Å². The molecule has 10 nitrogen and oxygen atoms in total. The molecule has 0 spiro atoms. The first-order chi connectivity index (χ1) is 20.4. The molecule has 0 saturated carbocycles. The lowest BCUT2D eigenvalue weighted by Gasteiger charge is -2.32. The van der Waals surface area contributed by atoms with E-state index in [2.05, 4.69) is 15.4 Å². The standard InChI is InChI=1S/C32H36FN3O7/c1-32(2,3)43-31(40)35-19-27(37)36(20-23-10-14-25(33)15-11-23)29(30(39)34-18-22-8-6-5-7-9-22)24-12-16-26(17-13-24)42-21-28(38)41-4/h5-17,29H,18-21H2,1-4H3,(H,34,39)(H,35,40)/t29-/m0/s1. The number of hydrogen-bond donors (Lipinski definition) is 2. The van der Waals surface area contributed by atoms with Gasteiger partial charge in [-0.05, 0) is 61.7 Å². The zero-order valence-corrected chi connectivity index (χ0v) is 24.6. The predicted molar refractivity (Wildman–Crippen MR) is 156 cm³/mol. The largest absolute Gasteiger partial charge is 0.482 e. The first-order valence-corrected chi connectivity index (χ1v) is 13.6. The molecule has 11 heteroatoms. The third-order valence-corrected chi connectivity index (χ3v) is 6.02. The SMILES string of the molecule is COC(=O)COc1ccc([C@@H](C(=O)NCc2ccccc2)N(Cc2ccc(F)cc2)C(=O)CNC(=O)OC(C)(C)C)cc1. The number of benzene rings is 3. The van der Waals surface area contributed by atoms with Gasteiger partial charge in [0.05, 0.1) is 7.11 Å². The number of ether oxygens (including phenoxy) is 3. The highest BCUT2D eigenvalue weighted by molar-refractivity contribution is 5.90. The van der Waals surface area contributed by atoms with Crippen molar-refractivity contribution in [2.45, 2.75) is 45.5 Å². The summed E-state index contributed by atoms with van der Waals surface area (Å²) in [6, 6.07) is 20.0. The second-order valence-electron chi connectivity index (χ2n) is 10.5. The molecule has 0 saturated heterocycles. The van der Waals surface area contributed by atoms with Crippen LogP contribution in [0.4, 0.5) is 9.18 Å². The highest BCUT2D eigenvalue weighted by Gasteiger charge is 2.32. The number of rotatable bonds is 12. The lowest BCUT2D eigenvalue weighted by molar-refractivity contribution is -0.143. The van der Waals surface area contributed by atoms with Crippen molar-refractivity contribution in [1.29, 1.82) is 0 Å². The summed E-state index contributed by atoms with van der Waals surface area (Å²) in [6.07, 6.45) is -0.792. The maximum absolute atomic E-state index is 13.8. The summed E-state index contributed by atoms with van der Waals surface area (Å²) >= 11 is 0. The number of nitrogens with zero attached hydrogens (tertiary/aromatic N) is 1. The van der Waals surface area contributed by atoms with E-state index in [-0.39, 0.29) is 19.7 Å². The van der Waals surface area contributed by atoms with Gasteiger partial charge in [-0.25, -0.2) is 14.0 Å². The van der Waals surface area contributed by atoms with E-state index in [4.69, 9.17) is 9.47 Å². The van der Waals surface area contributed by atoms with Gasteiger partial charge in [0, 0.05) is 13.1 Å². The van der Waals surface area contributed by atoms with Crippen LogP contribution >= 0.6 is 0 Å². The molecule has 3 amide bonds. The van der Waals surface area contributed by atoms with Crippen molar-refractivity contribution < 1.29 is 37.8 Å². The van der Waals surface area contributed by atoms with Crippen LogP contribution in [0.3, 0.4) is 0 Å². The molecule has 0 aliphatic rings. The Kier molecular flexibility index (Phi) is 11.6. The molecule has 2 N–H and O–H groups in total. The Balaban J connectivity index is 1.94. The van der Waals surface area contributed by atoms with Crippen LogP contribution in [0.2, 0.25) is 0 Å². The second-order valence-corrected chi connectivity index (χ2v) is 10.5. The second kappa shape index (κ2) is 15.3. The number of alkyl carbamates (subject to hydrolysis) is 1. The first kappa shape index (κ1) is 32.6. The van der Waals surface area contributed by atoms with Gasteiger partial charge in [-0.15, -0.1) is 0 Å². The van der Waals surface area contributed by atoms with Crippen molar-refractivity contribution in [3.63, 3.8) is 0 Å². The normalized spacial score (nSPS) is 11.6. The Hall–Kier alpha value is -4.93. The van der Waals surface area contributed by atoms with Gasteiger partial charge in [0.25, 0.3) is 0 Å². The molecule has 43 heavy (non-hydrogen) atoms. The van der Waals surface area contributed by atoms with E-state index in [1.54, 1.807) is 45.0 Å². The van der Waals surface area contributed by atoms with Crippen molar-refractivity contribution in [2.24, 2.45) is 0 Å². The quantitative estimate of drug-likeness (QED) is 0.301. The van der Waals surface area contributed by atoms with Crippen LogP contribution in [0, 0.1) is 5.82 Å². The highest BCUT2D eigenvalue weighted by Crippen LogP contribution is 2.26. The fraction of sp³-hybridized carbons (Fsp3) is 0.312. The van der Waals surface area contributed by atoms with Gasteiger partial charge in [0.2, 0.25) is 11.8 Å². The highest BCUT2D eigenvalue weighted by atomic mass is 19.1. The number of methoxy groups -OCH3 is 1. The Labute approximate surface area is 250 Å². The van der Waals surface area contributed by atoms with Crippen LogP contribution in [0.15, 0.2) is 78.9 Å². The van der Waals surface area contributed by atoms with Gasteiger partial charge >= 0.3 is 12.1 Å². The summed E-state index contributed by atoms with van der Waals surface area (Å²) in [5.41, 5.74) is 1.07. The number of carbonyl (C=O) groups is 4. The molecule has 3 aromatic rings. The van der Waals surface area contributed by atoms with Gasteiger partial charge in [0.15, 0.2) is 6.61 Å². The van der Waals surface area contributed by atoms with E-state index in [1.165, 1.54) is 36.3 Å². The molecule has 3 aromatic carbocycles. The Morgan fingerprint density at radius 3 is 2.12 bits per heavy atom. The van der Waals surface area contributed by atoms with Crippen molar-refractivity contribution in [3.8, 4) is 5.75 Å². The summed E-state index contributed by atoms with van der Waals surface area (Å²) in [5.74, 6) is -1.73. The summed E-state index contributed by atoms with van der Waals surface area (Å²) in [6.45, 7) is 4.45. The van der Waals surface area contributed by atoms with E-state index in [0.29, 0.717) is 16.9 Å². The molecule has 0 bridgehead atoms. The van der Waals surface area contributed by atoms with Crippen LogP contribution in [0.5, 0.6) is 5.75 Å².